The lowest BCUT2D eigenvalue weighted by atomic mass is 10.2. The van der Waals surface area contributed by atoms with E-state index in [0.29, 0.717) is 11.5 Å². The van der Waals surface area contributed by atoms with E-state index in [2.05, 4.69) is 37.2 Å². The second-order valence-corrected chi connectivity index (χ2v) is 6.34. The van der Waals surface area contributed by atoms with Crippen LogP contribution in [-0.4, -0.2) is 20.1 Å². The van der Waals surface area contributed by atoms with Crippen LogP contribution in [0.3, 0.4) is 0 Å². The van der Waals surface area contributed by atoms with Gasteiger partial charge < -0.3 is 14.8 Å². The number of hydrogen-bond acceptors (Lipinski definition) is 3. The van der Waals surface area contributed by atoms with E-state index in [1.807, 2.05) is 30.3 Å². The van der Waals surface area contributed by atoms with Gasteiger partial charge in [-0.3, -0.25) is 4.79 Å². The molecule has 120 valence electrons. The van der Waals surface area contributed by atoms with E-state index >= 15 is 0 Å². The largest absolute Gasteiger partial charge is 0.493 e. The molecular weight excluding hydrogens is 426 g/mol. The van der Waals surface area contributed by atoms with Gasteiger partial charge in [0.1, 0.15) is 0 Å². The fraction of sp³-hybridized carbons (Fsp3) is 0.118. The minimum Gasteiger partial charge on any atom is -0.493 e. The zero-order chi connectivity index (χ0) is 16.8. The summed E-state index contributed by atoms with van der Waals surface area (Å²) >= 11 is 6.77. The van der Waals surface area contributed by atoms with Crippen molar-refractivity contribution in [2.75, 3.05) is 19.5 Å². The molecule has 0 aliphatic rings. The molecule has 0 bridgehead atoms. The highest BCUT2D eigenvalue weighted by Gasteiger charge is 2.09. The van der Waals surface area contributed by atoms with Gasteiger partial charge in [-0.1, -0.05) is 15.9 Å². The SMILES string of the molecule is COc1cc(/C=C/C(=O)Nc2ccc(Br)cc2)cc(Br)c1OC. The van der Waals surface area contributed by atoms with Crippen molar-refractivity contribution in [1.29, 1.82) is 0 Å². The molecular formula is C17H15Br2NO3. The van der Waals surface area contributed by atoms with Gasteiger partial charge in [0, 0.05) is 16.2 Å². The Hall–Kier alpha value is -1.79. The van der Waals surface area contributed by atoms with E-state index in [9.17, 15) is 4.79 Å². The molecule has 0 spiro atoms. The molecule has 23 heavy (non-hydrogen) atoms. The number of carbonyl (C=O) groups is 1. The van der Waals surface area contributed by atoms with Crippen LogP contribution in [0.15, 0.2) is 51.4 Å². The van der Waals surface area contributed by atoms with E-state index in [-0.39, 0.29) is 5.91 Å². The smallest absolute Gasteiger partial charge is 0.248 e. The lowest BCUT2D eigenvalue weighted by molar-refractivity contribution is -0.111. The van der Waals surface area contributed by atoms with Crippen LogP contribution in [0.1, 0.15) is 5.56 Å². The van der Waals surface area contributed by atoms with Gasteiger partial charge in [0.25, 0.3) is 0 Å². The number of anilines is 1. The number of halogens is 2. The Morgan fingerprint density at radius 3 is 2.39 bits per heavy atom. The highest BCUT2D eigenvalue weighted by molar-refractivity contribution is 9.10. The summed E-state index contributed by atoms with van der Waals surface area (Å²) in [5, 5.41) is 2.79. The standard InChI is InChI=1S/C17H15Br2NO3/c1-22-15-10-11(9-14(19)17(15)23-2)3-8-16(21)20-13-6-4-12(18)5-7-13/h3-10H,1-2H3,(H,20,21)/b8-3+. The van der Waals surface area contributed by atoms with Crippen LogP contribution in [0, 0.1) is 0 Å². The van der Waals surface area contributed by atoms with Gasteiger partial charge in [0.05, 0.1) is 18.7 Å². The predicted molar refractivity (Wildman–Crippen MR) is 99.1 cm³/mol. The molecule has 1 N–H and O–H groups in total. The van der Waals surface area contributed by atoms with Crippen LogP contribution in [0.4, 0.5) is 5.69 Å². The second kappa shape index (κ2) is 8.17. The molecule has 2 rings (SSSR count). The Morgan fingerprint density at radius 1 is 1.09 bits per heavy atom. The van der Waals surface area contributed by atoms with Crippen LogP contribution in [0.2, 0.25) is 0 Å². The molecule has 0 radical (unpaired) electrons. The van der Waals surface area contributed by atoms with Crippen molar-refractivity contribution >= 4 is 49.5 Å². The maximum Gasteiger partial charge on any atom is 0.248 e. The van der Waals surface area contributed by atoms with E-state index < -0.39 is 0 Å². The van der Waals surface area contributed by atoms with Crippen molar-refractivity contribution in [3.05, 3.63) is 57.0 Å². The summed E-state index contributed by atoms with van der Waals surface area (Å²) in [5.41, 5.74) is 1.55. The van der Waals surface area contributed by atoms with Gasteiger partial charge in [0.15, 0.2) is 11.5 Å². The number of nitrogens with one attached hydrogen (secondary N) is 1. The van der Waals surface area contributed by atoms with E-state index in [4.69, 9.17) is 9.47 Å². The summed E-state index contributed by atoms with van der Waals surface area (Å²) < 4.78 is 12.3. The lowest BCUT2D eigenvalue weighted by Crippen LogP contribution is -2.07. The van der Waals surface area contributed by atoms with Crippen LogP contribution in [0.5, 0.6) is 11.5 Å². The predicted octanol–water partition coefficient (Wildman–Crippen LogP) is 4.88. The molecule has 6 heteroatoms. The maximum absolute atomic E-state index is 12.0. The molecule has 0 saturated carbocycles. The highest BCUT2D eigenvalue weighted by Crippen LogP contribution is 2.36. The van der Waals surface area contributed by atoms with Crippen molar-refractivity contribution in [2.24, 2.45) is 0 Å². The molecule has 0 unspecified atom stereocenters. The minimum absolute atomic E-state index is 0.210. The molecule has 0 fully saturated rings. The van der Waals surface area contributed by atoms with Crippen molar-refractivity contribution in [3.8, 4) is 11.5 Å². The average molecular weight is 441 g/mol. The van der Waals surface area contributed by atoms with Gasteiger partial charge in [-0.25, -0.2) is 0 Å². The summed E-state index contributed by atoms with van der Waals surface area (Å²) in [6.07, 6.45) is 3.18. The van der Waals surface area contributed by atoms with Crippen LogP contribution < -0.4 is 14.8 Å². The Morgan fingerprint density at radius 2 is 1.78 bits per heavy atom. The van der Waals surface area contributed by atoms with E-state index in [0.717, 1.165) is 20.2 Å². The Kier molecular flexibility index (Phi) is 6.24. The molecule has 0 aliphatic heterocycles. The fourth-order valence-electron chi connectivity index (χ4n) is 1.92. The first-order valence-electron chi connectivity index (χ1n) is 6.69. The molecule has 2 aromatic rings. The topological polar surface area (TPSA) is 47.6 Å². The first-order chi connectivity index (χ1) is 11.0. The zero-order valence-corrected chi connectivity index (χ0v) is 15.8. The molecule has 0 atom stereocenters. The number of benzene rings is 2. The molecule has 0 aliphatic carbocycles. The Labute approximate surface area is 151 Å². The Balaban J connectivity index is 2.11. The van der Waals surface area contributed by atoms with E-state index in [1.165, 1.54) is 6.08 Å². The van der Waals surface area contributed by atoms with Crippen molar-refractivity contribution in [1.82, 2.24) is 0 Å². The third-order valence-electron chi connectivity index (χ3n) is 2.99. The second-order valence-electron chi connectivity index (χ2n) is 4.57. The normalized spacial score (nSPS) is 10.6. The minimum atomic E-state index is -0.210. The molecule has 0 heterocycles. The van der Waals surface area contributed by atoms with Gasteiger partial charge in [-0.2, -0.15) is 0 Å². The summed E-state index contributed by atoms with van der Waals surface area (Å²) in [6.45, 7) is 0. The van der Waals surface area contributed by atoms with Crippen molar-refractivity contribution in [2.45, 2.75) is 0 Å². The molecule has 0 aromatic heterocycles. The van der Waals surface area contributed by atoms with Gasteiger partial charge in [-0.05, 0) is 64.0 Å². The monoisotopic (exact) mass is 439 g/mol. The molecule has 4 nitrogen and oxygen atoms in total. The molecule has 1 amide bonds. The summed E-state index contributed by atoms with van der Waals surface area (Å²) in [7, 11) is 3.14. The molecule has 2 aromatic carbocycles. The highest BCUT2D eigenvalue weighted by atomic mass is 79.9. The molecule has 0 saturated heterocycles. The lowest BCUT2D eigenvalue weighted by Gasteiger charge is -2.10. The van der Waals surface area contributed by atoms with Crippen LogP contribution in [0.25, 0.3) is 6.08 Å². The number of carbonyl (C=O) groups excluding carboxylic acids is 1. The third kappa shape index (κ3) is 4.84. The van der Waals surface area contributed by atoms with Gasteiger partial charge in [0.2, 0.25) is 5.91 Å². The van der Waals surface area contributed by atoms with Crippen LogP contribution >= 0.6 is 31.9 Å². The van der Waals surface area contributed by atoms with Crippen molar-refractivity contribution in [3.63, 3.8) is 0 Å². The summed E-state index contributed by atoms with van der Waals surface area (Å²) in [6, 6.07) is 11.0. The van der Waals surface area contributed by atoms with Gasteiger partial charge in [-0.15, -0.1) is 0 Å². The number of rotatable bonds is 5. The zero-order valence-electron chi connectivity index (χ0n) is 12.6. The van der Waals surface area contributed by atoms with Crippen LogP contribution in [-0.2, 0) is 4.79 Å². The average Bonchev–Trinajstić information content (AvgIpc) is 2.54. The fourth-order valence-corrected chi connectivity index (χ4v) is 2.81. The summed E-state index contributed by atoms with van der Waals surface area (Å²) in [5.74, 6) is 0.997. The quantitative estimate of drug-likeness (QED) is 0.674. The number of amides is 1. The van der Waals surface area contributed by atoms with Crippen molar-refractivity contribution < 1.29 is 14.3 Å². The number of ether oxygens (including phenoxy) is 2. The third-order valence-corrected chi connectivity index (χ3v) is 4.11. The number of hydrogen-bond donors (Lipinski definition) is 1. The number of methoxy groups -OCH3 is 2. The first kappa shape index (κ1) is 17.6. The van der Waals surface area contributed by atoms with E-state index in [1.54, 1.807) is 26.4 Å². The Bertz CT molecular complexity index is 727. The first-order valence-corrected chi connectivity index (χ1v) is 8.28. The summed E-state index contributed by atoms with van der Waals surface area (Å²) in [4.78, 5) is 12.0. The maximum atomic E-state index is 12.0. The van der Waals surface area contributed by atoms with Gasteiger partial charge >= 0.3 is 0 Å².